The van der Waals surface area contributed by atoms with Crippen molar-refractivity contribution in [3.8, 4) is 0 Å². The van der Waals surface area contributed by atoms with Gasteiger partial charge in [0.25, 0.3) is 0 Å². The van der Waals surface area contributed by atoms with Crippen molar-refractivity contribution in [2.24, 2.45) is 0 Å². The summed E-state index contributed by atoms with van der Waals surface area (Å²) in [6, 6.07) is 4.62. The minimum Gasteiger partial charge on any atom is -0.396 e. The Hall–Kier alpha value is -1.52. The minimum atomic E-state index is -0.554. The number of hydrogen-bond donors (Lipinski definition) is 2. The SMILES string of the molecule is Nc1cncc(Cl)c1Nc1cccc(Cl)c1F. The summed E-state index contributed by atoms with van der Waals surface area (Å²) in [6.07, 6.45) is 2.85. The number of aromatic nitrogens is 1. The Morgan fingerprint density at radius 3 is 2.65 bits per heavy atom. The predicted molar refractivity (Wildman–Crippen MR) is 68.4 cm³/mol. The second kappa shape index (κ2) is 4.77. The van der Waals surface area contributed by atoms with E-state index in [-0.39, 0.29) is 10.7 Å². The van der Waals surface area contributed by atoms with Crippen molar-refractivity contribution < 1.29 is 4.39 Å². The summed E-state index contributed by atoms with van der Waals surface area (Å²) in [7, 11) is 0. The van der Waals surface area contributed by atoms with Crippen LogP contribution in [0.5, 0.6) is 0 Å². The molecule has 0 saturated heterocycles. The van der Waals surface area contributed by atoms with Gasteiger partial charge in [-0.1, -0.05) is 29.3 Å². The Kier molecular flexibility index (Phi) is 3.36. The zero-order chi connectivity index (χ0) is 12.4. The van der Waals surface area contributed by atoms with Gasteiger partial charge in [-0.05, 0) is 12.1 Å². The van der Waals surface area contributed by atoms with Gasteiger partial charge in [0.15, 0.2) is 5.82 Å². The number of pyridine rings is 1. The second-order valence-electron chi connectivity index (χ2n) is 3.31. The maximum absolute atomic E-state index is 13.7. The summed E-state index contributed by atoms with van der Waals surface area (Å²) in [4.78, 5) is 3.81. The Morgan fingerprint density at radius 1 is 1.18 bits per heavy atom. The van der Waals surface area contributed by atoms with E-state index in [2.05, 4.69) is 10.3 Å². The van der Waals surface area contributed by atoms with Crippen LogP contribution in [0.15, 0.2) is 30.6 Å². The molecule has 0 atom stereocenters. The van der Waals surface area contributed by atoms with Gasteiger partial charge in [0.05, 0.1) is 33.3 Å². The third kappa shape index (κ3) is 2.43. The van der Waals surface area contributed by atoms with Crippen molar-refractivity contribution in [1.29, 1.82) is 0 Å². The molecule has 6 heteroatoms. The molecule has 0 spiro atoms. The standard InChI is InChI=1S/C11H8Cl2FN3/c12-6-2-1-3-9(10(6)14)17-11-7(13)4-16-5-8(11)15/h1-5H,15H2,(H,16,17). The van der Waals surface area contributed by atoms with Gasteiger partial charge < -0.3 is 11.1 Å². The number of nitrogens with one attached hydrogen (secondary N) is 1. The Morgan fingerprint density at radius 2 is 1.94 bits per heavy atom. The minimum absolute atomic E-state index is 0.0266. The quantitative estimate of drug-likeness (QED) is 0.872. The highest BCUT2D eigenvalue weighted by Crippen LogP contribution is 2.32. The first-order chi connectivity index (χ1) is 8.09. The molecule has 0 fully saturated rings. The number of hydrogen-bond acceptors (Lipinski definition) is 3. The van der Waals surface area contributed by atoms with E-state index in [4.69, 9.17) is 28.9 Å². The molecule has 0 aliphatic carbocycles. The Balaban J connectivity index is 2.42. The molecule has 0 aliphatic rings. The largest absolute Gasteiger partial charge is 0.396 e. The van der Waals surface area contributed by atoms with Crippen LogP contribution in [0.4, 0.5) is 21.5 Å². The first-order valence-electron chi connectivity index (χ1n) is 4.69. The topological polar surface area (TPSA) is 50.9 Å². The summed E-state index contributed by atoms with van der Waals surface area (Å²) in [5, 5.41) is 3.13. The van der Waals surface area contributed by atoms with Crippen LogP contribution in [0.3, 0.4) is 0 Å². The monoisotopic (exact) mass is 271 g/mol. The number of rotatable bonds is 2. The number of halogens is 3. The van der Waals surface area contributed by atoms with Crippen LogP contribution in [-0.2, 0) is 0 Å². The van der Waals surface area contributed by atoms with Crippen molar-refractivity contribution >= 4 is 40.3 Å². The van der Waals surface area contributed by atoms with E-state index < -0.39 is 5.82 Å². The zero-order valence-electron chi connectivity index (χ0n) is 8.55. The molecular weight excluding hydrogens is 264 g/mol. The third-order valence-corrected chi connectivity index (χ3v) is 2.72. The molecule has 2 aromatic rings. The van der Waals surface area contributed by atoms with E-state index in [9.17, 15) is 4.39 Å². The molecule has 2 rings (SSSR count). The van der Waals surface area contributed by atoms with Crippen LogP contribution in [0, 0.1) is 5.82 Å². The van der Waals surface area contributed by atoms with Crippen LogP contribution >= 0.6 is 23.2 Å². The van der Waals surface area contributed by atoms with Crippen LogP contribution < -0.4 is 11.1 Å². The van der Waals surface area contributed by atoms with E-state index in [0.29, 0.717) is 16.4 Å². The maximum Gasteiger partial charge on any atom is 0.165 e. The lowest BCUT2D eigenvalue weighted by molar-refractivity contribution is 0.632. The summed E-state index contributed by atoms with van der Waals surface area (Å²) < 4.78 is 13.7. The average Bonchev–Trinajstić information content (AvgIpc) is 2.29. The fourth-order valence-corrected chi connectivity index (χ4v) is 1.70. The Labute approximate surface area is 107 Å². The lowest BCUT2D eigenvalue weighted by Crippen LogP contribution is -2.00. The summed E-state index contributed by atoms with van der Waals surface area (Å²) >= 11 is 11.6. The summed E-state index contributed by atoms with van der Waals surface area (Å²) in [6.45, 7) is 0. The van der Waals surface area contributed by atoms with Crippen molar-refractivity contribution in [2.45, 2.75) is 0 Å². The molecule has 0 radical (unpaired) electrons. The van der Waals surface area contributed by atoms with Gasteiger partial charge in [0.1, 0.15) is 0 Å². The molecule has 1 aromatic carbocycles. The van der Waals surface area contributed by atoms with Crippen molar-refractivity contribution in [1.82, 2.24) is 4.98 Å². The van der Waals surface area contributed by atoms with Gasteiger partial charge in [0, 0.05) is 6.20 Å². The van der Waals surface area contributed by atoms with Gasteiger partial charge in [-0.15, -0.1) is 0 Å². The molecule has 0 amide bonds. The molecular formula is C11H8Cl2FN3. The van der Waals surface area contributed by atoms with Crippen molar-refractivity contribution in [2.75, 3.05) is 11.1 Å². The molecule has 17 heavy (non-hydrogen) atoms. The third-order valence-electron chi connectivity index (χ3n) is 2.14. The molecule has 0 bridgehead atoms. The number of nitrogens with zero attached hydrogens (tertiary/aromatic N) is 1. The first-order valence-corrected chi connectivity index (χ1v) is 5.45. The highest BCUT2D eigenvalue weighted by Gasteiger charge is 2.10. The summed E-state index contributed by atoms with van der Waals surface area (Å²) in [5.41, 5.74) is 6.63. The zero-order valence-corrected chi connectivity index (χ0v) is 10.1. The average molecular weight is 272 g/mol. The van der Waals surface area contributed by atoms with Gasteiger partial charge in [-0.25, -0.2) is 4.39 Å². The molecule has 88 valence electrons. The van der Waals surface area contributed by atoms with Gasteiger partial charge in [-0.3, -0.25) is 4.98 Å². The van der Waals surface area contributed by atoms with Crippen LogP contribution in [0.1, 0.15) is 0 Å². The van der Waals surface area contributed by atoms with Crippen molar-refractivity contribution in [3.05, 3.63) is 46.5 Å². The normalized spacial score (nSPS) is 10.3. The predicted octanol–water partition coefficient (Wildman–Crippen LogP) is 3.85. The lowest BCUT2D eigenvalue weighted by atomic mass is 10.2. The molecule has 0 unspecified atom stereocenters. The molecule has 0 saturated carbocycles. The highest BCUT2D eigenvalue weighted by atomic mass is 35.5. The van der Waals surface area contributed by atoms with E-state index in [0.717, 1.165) is 0 Å². The van der Waals surface area contributed by atoms with E-state index in [1.54, 1.807) is 6.07 Å². The van der Waals surface area contributed by atoms with E-state index in [1.165, 1.54) is 24.5 Å². The van der Waals surface area contributed by atoms with Crippen LogP contribution in [-0.4, -0.2) is 4.98 Å². The van der Waals surface area contributed by atoms with Gasteiger partial charge >= 0.3 is 0 Å². The maximum atomic E-state index is 13.7. The fourth-order valence-electron chi connectivity index (χ4n) is 1.32. The van der Waals surface area contributed by atoms with E-state index in [1.807, 2.05) is 0 Å². The molecule has 1 aromatic heterocycles. The molecule has 1 heterocycles. The lowest BCUT2D eigenvalue weighted by Gasteiger charge is -2.11. The second-order valence-corrected chi connectivity index (χ2v) is 4.13. The number of anilines is 3. The van der Waals surface area contributed by atoms with Crippen LogP contribution in [0.2, 0.25) is 10.0 Å². The van der Waals surface area contributed by atoms with Crippen molar-refractivity contribution in [3.63, 3.8) is 0 Å². The first kappa shape index (κ1) is 12.0. The van der Waals surface area contributed by atoms with Gasteiger partial charge in [0.2, 0.25) is 0 Å². The number of benzene rings is 1. The smallest absolute Gasteiger partial charge is 0.165 e. The highest BCUT2D eigenvalue weighted by molar-refractivity contribution is 6.34. The van der Waals surface area contributed by atoms with Gasteiger partial charge in [-0.2, -0.15) is 0 Å². The number of nitrogen functional groups attached to an aromatic ring is 1. The van der Waals surface area contributed by atoms with E-state index >= 15 is 0 Å². The van der Waals surface area contributed by atoms with Crippen LogP contribution in [0.25, 0.3) is 0 Å². The Bertz CT molecular complexity index is 540. The summed E-state index contributed by atoms with van der Waals surface area (Å²) in [5.74, 6) is -0.554. The molecule has 3 nitrogen and oxygen atoms in total. The fraction of sp³-hybridized carbons (Fsp3) is 0. The number of nitrogens with two attached hydrogens (primary N) is 1. The molecule has 0 aliphatic heterocycles. The molecule has 3 N–H and O–H groups in total.